The van der Waals surface area contributed by atoms with E-state index in [4.69, 9.17) is 4.22 Å². The van der Waals surface area contributed by atoms with Crippen LogP contribution in [0, 0.1) is 0 Å². The number of nitrogens with two attached hydrogens (primary N) is 1. The monoisotopic (exact) mass is 284 g/mol. The molecule has 2 N–H and O–H groups in total. The molecule has 17 heavy (non-hydrogen) atoms. The Balaban J connectivity index is -0.0000000667. The molecule has 105 valence electrons. The summed E-state index contributed by atoms with van der Waals surface area (Å²) in [6.45, 7) is 11.8. The first-order valence-corrected chi connectivity index (χ1v) is 8.03. The third-order valence-electron chi connectivity index (χ3n) is 0.394. The van der Waals surface area contributed by atoms with Gasteiger partial charge >= 0.3 is 41.7 Å². The molecule has 0 unspecified atom stereocenters. The molecule has 0 bridgehead atoms. The van der Waals surface area contributed by atoms with E-state index in [1.165, 1.54) is 11.1 Å². The van der Waals surface area contributed by atoms with Gasteiger partial charge < -0.3 is 15.3 Å². The van der Waals surface area contributed by atoms with Gasteiger partial charge in [0.25, 0.3) is 0 Å². The van der Waals surface area contributed by atoms with Gasteiger partial charge in [-0.2, -0.15) is 0 Å². The Bertz CT molecular complexity index is 77.2. The van der Waals surface area contributed by atoms with E-state index < -0.39 is 18.3 Å². The third-order valence-corrected chi connectivity index (χ3v) is 1.63. The first kappa shape index (κ1) is 26.2. The molecule has 0 radical (unpaired) electrons. The van der Waals surface area contributed by atoms with E-state index in [0.717, 1.165) is 0 Å². The zero-order chi connectivity index (χ0) is 14.9. The molecule has 0 aliphatic heterocycles. The zero-order valence-electron chi connectivity index (χ0n) is 12.4. The van der Waals surface area contributed by atoms with Crippen molar-refractivity contribution >= 4 is 0 Å². The fraction of sp³-hybridized carbons (Fsp3) is 1.00. The van der Waals surface area contributed by atoms with Gasteiger partial charge in [-0.1, -0.05) is 41.5 Å². The molecule has 0 aromatic carbocycles. The van der Waals surface area contributed by atoms with Gasteiger partial charge in [-0.15, -0.1) is 18.3 Å². The predicted molar refractivity (Wildman–Crippen MR) is 64.7 cm³/mol. The van der Waals surface area contributed by atoms with Crippen LogP contribution in [0.2, 0.25) is 4.73 Å². The molecule has 0 saturated carbocycles. The van der Waals surface area contributed by atoms with Gasteiger partial charge in [-0.05, 0) is 0 Å². The number of hydrogen-bond donors (Lipinski definition) is 1. The molecule has 0 atom stereocenters. The Hall–Kier alpha value is 0.554. The van der Waals surface area contributed by atoms with Crippen LogP contribution in [0.5, 0.6) is 0 Å². The summed E-state index contributed by atoms with van der Waals surface area (Å²) in [5.74, 6) is 0. The maximum atomic E-state index is 9.53. The Kier molecular flexibility index (Phi) is 39.1. The van der Waals surface area contributed by atoms with E-state index in [2.05, 4.69) is 6.92 Å². The van der Waals surface area contributed by atoms with Gasteiger partial charge in [0.05, 0.1) is 0 Å². The molecule has 0 aromatic heterocycles. The topological polar surface area (TPSA) is 95.2 Å². The Morgan fingerprint density at radius 3 is 1.00 bits per heavy atom. The van der Waals surface area contributed by atoms with Gasteiger partial charge in [0.15, 0.2) is 0 Å². The molecule has 0 heterocycles. The molecular formula is C12H30NO3Ti. The van der Waals surface area contributed by atoms with E-state index in [9.17, 15) is 15.3 Å². The molecule has 0 fully saturated rings. The summed E-state index contributed by atoms with van der Waals surface area (Å²) >= 11 is 0.00694. The summed E-state index contributed by atoms with van der Waals surface area (Å²) in [6.07, 6.45) is 0.0243. The van der Waals surface area contributed by atoms with Crippen LogP contribution in [-0.2, 0) is 19.4 Å². The van der Waals surface area contributed by atoms with Crippen molar-refractivity contribution in [2.24, 2.45) is 4.22 Å². The molecule has 0 rings (SSSR count). The summed E-state index contributed by atoms with van der Waals surface area (Å²) in [5, 5.41) is 28.6. The molecule has 4 nitrogen and oxygen atoms in total. The summed E-state index contributed by atoms with van der Waals surface area (Å²) < 4.78 is 6.56. The van der Waals surface area contributed by atoms with Crippen molar-refractivity contribution in [2.75, 3.05) is 0 Å². The number of hydrogen-bond acceptors (Lipinski definition) is 4. The normalized spacial score (nSPS) is 8.35. The van der Waals surface area contributed by atoms with E-state index >= 15 is 0 Å². The van der Waals surface area contributed by atoms with Crippen molar-refractivity contribution in [2.45, 2.75) is 77.9 Å². The van der Waals surface area contributed by atoms with Gasteiger partial charge in [-0.25, -0.2) is 0 Å². The van der Waals surface area contributed by atoms with E-state index in [0.29, 0.717) is 0 Å². The second kappa shape index (κ2) is 25.4. The van der Waals surface area contributed by atoms with Crippen molar-refractivity contribution in [3.63, 3.8) is 0 Å². The fourth-order valence-electron chi connectivity index (χ4n) is 0.144. The quantitative estimate of drug-likeness (QED) is 0.724. The molecule has 0 spiro atoms. The van der Waals surface area contributed by atoms with E-state index in [1.807, 2.05) is 0 Å². The Morgan fingerprint density at radius 2 is 1.00 bits per heavy atom. The minimum atomic E-state index is -0.417. The van der Waals surface area contributed by atoms with Crippen molar-refractivity contribution in [3.05, 3.63) is 0 Å². The van der Waals surface area contributed by atoms with Crippen molar-refractivity contribution < 1.29 is 34.7 Å². The third kappa shape index (κ3) is 537. The summed E-state index contributed by atoms with van der Waals surface area (Å²) in [7, 11) is 0. The molecule has 0 aliphatic rings. The van der Waals surface area contributed by atoms with Crippen LogP contribution in [0.25, 0.3) is 0 Å². The molecular weight excluding hydrogens is 254 g/mol. The van der Waals surface area contributed by atoms with Gasteiger partial charge in [0.1, 0.15) is 0 Å². The van der Waals surface area contributed by atoms with Gasteiger partial charge in [-0.3, -0.25) is 0 Å². The SMILES string of the molecule is CC(C)[O-].CC(C)[O-].CC(C)[O-].CC[CH2][Ti+3][NH2]. The van der Waals surface area contributed by atoms with Crippen LogP contribution >= 0.6 is 0 Å². The maximum absolute atomic E-state index is 9.53. The minimum absolute atomic E-state index is 0.00694. The average Bonchev–Trinajstić information content (AvgIpc) is 2.01. The van der Waals surface area contributed by atoms with Crippen LogP contribution < -0.4 is 19.5 Å². The zero-order valence-corrected chi connectivity index (χ0v) is 14.0. The van der Waals surface area contributed by atoms with Gasteiger partial charge in [0, 0.05) is 0 Å². The summed E-state index contributed by atoms with van der Waals surface area (Å²) in [6, 6.07) is 0. The number of rotatable bonds is 2. The van der Waals surface area contributed by atoms with Crippen LogP contribution in [-0.4, -0.2) is 18.3 Å². The van der Waals surface area contributed by atoms with Crippen LogP contribution in [0.1, 0.15) is 54.9 Å². The van der Waals surface area contributed by atoms with Gasteiger partial charge in [0.2, 0.25) is 0 Å². The second-order valence-corrected chi connectivity index (χ2v) is 5.52. The summed E-state index contributed by atoms with van der Waals surface area (Å²) in [5.41, 5.74) is 0. The predicted octanol–water partition coefficient (Wildman–Crippen LogP) is 0.0362. The first-order valence-electron chi connectivity index (χ1n) is 6.02. The van der Waals surface area contributed by atoms with Crippen LogP contribution in [0.15, 0.2) is 0 Å². The molecule has 0 aliphatic carbocycles. The molecule has 0 saturated heterocycles. The summed E-state index contributed by atoms with van der Waals surface area (Å²) in [4.78, 5) is 0. The van der Waals surface area contributed by atoms with E-state index in [-0.39, 0.29) is 19.4 Å². The van der Waals surface area contributed by atoms with Crippen LogP contribution in [0.3, 0.4) is 0 Å². The van der Waals surface area contributed by atoms with Crippen molar-refractivity contribution in [3.8, 4) is 0 Å². The molecule has 0 amide bonds. The van der Waals surface area contributed by atoms with Crippen molar-refractivity contribution in [1.29, 1.82) is 0 Å². The average molecular weight is 284 g/mol. The molecule has 0 aromatic rings. The van der Waals surface area contributed by atoms with Crippen LogP contribution in [0.4, 0.5) is 0 Å². The van der Waals surface area contributed by atoms with E-state index in [1.54, 1.807) is 41.5 Å². The van der Waals surface area contributed by atoms with Crippen molar-refractivity contribution in [1.82, 2.24) is 0 Å². The fourth-order valence-corrected chi connectivity index (χ4v) is 0.595. The Labute approximate surface area is 117 Å². The second-order valence-electron chi connectivity index (χ2n) is 4.10. The first-order chi connectivity index (χ1) is 7.61. The standard InChI is InChI=1S/3C3H7O.C3H7.H2N.Ti/c3*1-3(2)4;1-3-2;;/h3*3H,1-2H3;1,3H2,2H3;1H2;/q3*-1;;-1;+4. The Morgan fingerprint density at radius 1 is 0.824 bits per heavy atom. The molecule has 5 heteroatoms.